The maximum Gasteiger partial charge on any atom is 0.131 e. The van der Waals surface area contributed by atoms with Crippen LogP contribution in [0.25, 0.3) is 0 Å². The van der Waals surface area contributed by atoms with Crippen molar-refractivity contribution in [3.63, 3.8) is 0 Å². The van der Waals surface area contributed by atoms with Crippen LogP contribution >= 0.6 is 0 Å². The Labute approximate surface area is 103 Å². The van der Waals surface area contributed by atoms with Gasteiger partial charge in [0.15, 0.2) is 0 Å². The van der Waals surface area contributed by atoms with Gasteiger partial charge in [-0.2, -0.15) is 0 Å². The molecule has 0 amide bonds. The van der Waals surface area contributed by atoms with E-state index in [1.54, 1.807) is 7.11 Å². The van der Waals surface area contributed by atoms with Crippen molar-refractivity contribution in [1.82, 2.24) is 5.32 Å². The van der Waals surface area contributed by atoms with Crippen molar-refractivity contribution >= 4 is 0 Å². The number of unbranched alkanes of at least 4 members (excludes halogenated alkanes) is 1. The summed E-state index contributed by atoms with van der Waals surface area (Å²) in [5.74, 6) is 0.378. The Morgan fingerprint density at radius 2 is 2.12 bits per heavy atom. The van der Waals surface area contributed by atoms with Gasteiger partial charge in [-0.3, -0.25) is 0 Å². The topological polar surface area (TPSA) is 21.3 Å². The molecule has 0 saturated carbocycles. The van der Waals surface area contributed by atoms with Crippen LogP contribution in [0.3, 0.4) is 0 Å². The Balaban J connectivity index is 2.85. The SMILES string of the molecule is CCCCC(NCC)c1ccc(OC)cc1F. The van der Waals surface area contributed by atoms with Gasteiger partial charge in [-0.05, 0) is 19.0 Å². The molecule has 0 fully saturated rings. The van der Waals surface area contributed by atoms with Crippen LogP contribution in [0.2, 0.25) is 0 Å². The summed E-state index contributed by atoms with van der Waals surface area (Å²) in [6, 6.07) is 5.18. The zero-order chi connectivity index (χ0) is 12.7. The van der Waals surface area contributed by atoms with Crippen LogP contribution in [0.15, 0.2) is 18.2 Å². The number of hydrogen-bond acceptors (Lipinski definition) is 2. The minimum Gasteiger partial charge on any atom is -0.497 e. The molecular weight excluding hydrogens is 217 g/mol. The summed E-state index contributed by atoms with van der Waals surface area (Å²) in [4.78, 5) is 0. The monoisotopic (exact) mass is 239 g/mol. The van der Waals surface area contributed by atoms with Crippen LogP contribution < -0.4 is 10.1 Å². The number of halogens is 1. The van der Waals surface area contributed by atoms with Crippen molar-refractivity contribution in [2.75, 3.05) is 13.7 Å². The molecule has 1 rings (SSSR count). The second-order valence-corrected chi connectivity index (χ2v) is 4.14. The summed E-state index contributed by atoms with van der Waals surface area (Å²) in [7, 11) is 1.55. The Morgan fingerprint density at radius 1 is 1.35 bits per heavy atom. The van der Waals surface area contributed by atoms with Gasteiger partial charge in [0.1, 0.15) is 11.6 Å². The molecule has 96 valence electrons. The molecule has 0 bridgehead atoms. The molecule has 3 heteroatoms. The zero-order valence-corrected chi connectivity index (χ0v) is 10.9. The lowest BCUT2D eigenvalue weighted by Gasteiger charge is -2.19. The van der Waals surface area contributed by atoms with Crippen LogP contribution in [0.5, 0.6) is 5.75 Å². The van der Waals surface area contributed by atoms with E-state index in [0.717, 1.165) is 31.4 Å². The largest absolute Gasteiger partial charge is 0.497 e. The summed E-state index contributed by atoms with van der Waals surface area (Å²) in [5, 5.41) is 3.33. The smallest absolute Gasteiger partial charge is 0.131 e. The standard InChI is InChI=1S/C14H22FNO/c1-4-6-7-14(16-5-2)12-9-8-11(17-3)10-13(12)15/h8-10,14,16H,4-7H2,1-3H3. The Kier molecular flexibility index (Phi) is 5.98. The highest BCUT2D eigenvalue weighted by molar-refractivity contribution is 5.30. The van der Waals surface area contributed by atoms with E-state index in [9.17, 15) is 4.39 Å². The Bertz CT molecular complexity index is 341. The van der Waals surface area contributed by atoms with Crippen LogP contribution in [-0.4, -0.2) is 13.7 Å². The van der Waals surface area contributed by atoms with Crippen molar-refractivity contribution < 1.29 is 9.13 Å². The molecule has 0 aliphatic heterocycles. The predicted octanol–water partition coefficient (Wildman–Crippen LogP) is 3.68. The van der Waals surface area contributed by atoms with E-state index in [2.05, 4.69) is 12.2 Å². The second kappa shape index (κ2) is 7.28. The first-order chi connectivity index (χ1) is 8.22. The van der Waals surface area contributed by atoms with E-state index in [0.29, 0.717) is 5.75 Å². The highest BCUT2D eigenvalue weighted by Gasteiger charge is 2.14. The lowest BCUT2D eigenvalue weighted by atomic mass is 10.0. The molecule has 1 atom stereocenters. The summed E-state index contributed by atoms with van der Waals surface area (Å²) < 4.78 is 18.9. The highest BCUT2D eigenvalue weighted by Crippen LogP contribution is 2.25. The number of hydrogen-bond donors (Lipinski definition) is 1. The molecule has 0 aromatic heterocycles. The molecule has 0 aliphatic carbocycles. The van der Waals surface area contributed by atoms with Gasteiger partial charge < -0.3 is 10.1 Å². The van der Waals surface area contributed by atoms with Gasteiger partial charge in [-0.1, -0.05) is 32.8 Å². The second-order valence-electron chi connectivity index (χ2n) is 4.14. The van der Waals surface area contributed by atoms with E-state index in [-0.39, 0.29) is 11.9 Å². The minimum absolute atomic E-state index is 0.103. The van der Waals surface area contributed by atoms with E-state index >= 15 is 0 Å². The molecule has 0 spiro atoms. The molecule has 1 aromatic carbocycles. The summed E-state index contributed by atoms with van der Waals surface area (Å²) in [6.07, 6.45) is 3.19. The molecule has 0 aliphatic rings. The van der Waals surface area contributed by atoms with E-state index < -0.39 is 0 Å². The third-order valence-corrected chi connectivity index (χ3v) is 2.88. The number of ether oxygens (including phenoxy) is 1. The first kappa shape index (κ1) is 14.0. The third kappa shape index (κ3) is 4.00. The van der Waals surface area contributed by atoms with Crippen LogP contribution in [0.4, 0.5) is 4.39 Å². The quantitative estimate of drug-likeness (QED) is 0.783. The van der Waals surface area contributed by atoms with Gasteiger partial charge in [-0.25, -0.2) is 4.39 Å². The van der Waals surface area contributed by atoms with Gasteiger partial charge in [0.25, 0.3) is 0 Å². The Hall–Kier alpha value is -1.09. The normalized spacial score (nSPS) is 12.5. The van der Waals surface area contributed by atoms with Crippen molar-refractivity contribution in [3.05, 3.63) is 29.6 Å². The van der Waals surface area contributed by atoms with Crippen LogP contribution in [0.1, 0.15) is 44.7 Å². The number of methoxy groups -OCH3 is 1. The first-order valence-electron chi connectivity index (χ1n) is 6.29. The molecule has 0 radical (unpaired) electrons. The zero-order valence-electron chi connectivity index (χ0n) is 10.9. The molecule has 0 heterocycles. The van der Waals surface area contributed by atoms with Gasteiger partial charge in [0, 0.05) is 17.7 Å². The van der Waals surface area contributed by atoms with Gasteiger partial charge in [0.2, 0.25) is 0 Å². The van der Waals surface area contributed by atoms with E-state index in [1.807, 2.05) is 19.1 Å². The molecular formula is C14H22FNO. The minimum atomic E-state index is -0.189. The molecule has 2 nitrogen and oxygen atoms in total. The fourth-order valence-electron chi connectivity index (χ4n) is 1.94. The van der Waals surface area contributed by atoms with Gasteiger partial charge in [-0.15, -0.1) is 0 Å². The van der Waals surface area contributed by atoms with Gasteiger partial charge in [0.05, 0.1) is 7.11 Å². The molecule has 0 saturated heterocycles. The fraction of sp³-hybridized carbons (Fsp3) is 0.571. The van der Waals surface area contributed by atoms with Gasteiger partial charge >= 0.3 is 0 Å². The lowest BCUT2D eigenvalue weighted by molar-refractivity contribution is 0.408. The molecule has 1 N–H and O–H groups in total. The highest BCUT2D eigenvalue weighted by atomic mass is 19.1. The maximum atomic E-state index is 13.9. The summed E-state index contributed by atoms with van der Waals surface area (Å²) >= 11 is 0. The van der Waals surface area contributed by atoms with Crippen molar-refractivity contribution in [2.45, 2.75) is 39.2 Å². The molecule has 1 aromatic rings. The average Bonchev–Trinajstić information content (AvgIpc) is 2.34. The van der Waals surface area contributed by atoms with E-state index in [4.69, 9.17) is 4.74 Å². The summed E-state index contributed by atoms with van der Waals surface area (Å²) in [5.41, 5.74) is 0.737. The molecule has 1 unspecified atom stereocenters. The Morgan fingerprint density at radius 3 is 2.65 bits per heavy atom. The lowest BCUT2D eigenvalue weighted by Crippen LogP contribution is -2.21. The summed E-state index contributed by atoms with van der Waals surface area (Å²) in [6.45, 7) is 5.04. The third-order valence-electron chi connectivity index (χ3n) is 2.88. The molecule has 17 heavy (non-hydrogen) atoms. The van der Waals surface area contributed by atoms with Crippen LogP contribution in [0, 0.1) is 5.82 Å². The fourth-order valence-corrected chi connectivity index (χ4v) is 1.94. The number of rotatable bonds is 7. The van der Waals surface area contributed by atoms with Crippen molar-refractivity contribution in [1.29, 1.82) is 0 Å². The first-order valence-corrected chi connectivity index (χ1v) is 6.29. The maximum absolute atomic E-state index is 13.9. The van der Waals surface area contributed by atoms with Crippen molar-refractivity contribution in [3.8, 4) is 5.75 Å². The predicted molar refractivity (Wildman–Crippen MR) is 68.9 cm³/mol. The van der Waals surface area contributed by atoms with Crippen molar-refractivity contribution in [2.24, 2.45) is 0 Å². The van der Waals surface area contributed by atoms with Crippen LogP contribution in [-0.2, 0) is 0 Å². The van der Waals surface area contributed by atoms with E-state index in [1.165, 1.54) is 6.07 Å². The average molecular weight is 239 g/mol. The number of nitrogens with one attached hydrogen (secondary N) is 1. The number of benzene rings is 1.